The predicted octanol–water partition coefficient (Wildman–Crippen LogP) is 2.25. The quantitative estimate of drug-likeness (QED) is 0.428. The Morgan fingerprint density at radius 2 is 2.03 bits per heavy atom. The van der Waals surface area contributed by atoms with E-state index in [1.165, 1.54) is 11.8 Å². The van der Waals surface area contributed by atoms with Crippen LogP contribution in [0, 0.1) is 6.92 Å². The fourth-order valence-corrected chi connectivity index (χ4v) is 3.93. The third-order valence-corrected chi connectivity index (χ3v) is 5.74. The second-order valence-electron chi connectivity index (χ2n) is 7.09. The number of aryl methyl sites for hydroxylation is 1. The Labute approximate surface area is 183 Å². The number of nitrogens with one attached hydrogen (secondary N) is 1. The average molecular weight is 435 g/mol. The molecule has 3 heterocycles. The summed E-state index contributed by atoms with van der Waals surface area (Å²) in [6.45, 7) is 3.32. The van der Waals surface area contributed by atoms with Crippen LogP contribution in [0.1, 0.15) is 11.1 Å². The van der Waals surface area contributed by atoms with E-state index < -0.39 is 0 Å². The van der Waals surface area contributed by atoms with Crippen LogP contribution in [-0.4, -0.2) is 42.5 Å². The number of nitrogens with zero attached hydrogens (tertiary/aromatic N) is 5. The van der Waals surface area contributed by atoms with Gasteiger partial charge >= 0.3 is 0 Å². The lowest BCUT2D eigenvalue weighted by Gasteiger charge is -2.08. The lowest BCUT2D eigenvalue weighted by Crippen LogP contribution is -2.29. The lowest BCUT2D eigenvalue weighted by molar-refractivity contribution is -0.118. The molecule has 31 heavy (non-hydrogen) atoms. The van der Waals surface area contributed by atoms with Crippen LogP contribution < -0.4 is 10.9 Å². The summed E-state index contributed by atoms with van der Waals surface area (Å²) in [5.74, 6) is 0.262. The van der Waals surface area contributed by atoms with Gasteiger partial charge < -0.3 is 5.32 Å². The predicted molar refractivity (Wildman–Crippen MR) is 120 cm³/mol. The summed E-state index contributed by atoms with van der Waals surface area (Å²) in [6, 6.07) is 11.8. The highest BCUT2D eigenvalue weighted by Gasteiger charge is 2.11. The Hall–Kier alpha value is -3.46. The molecule has 1 aromatic carbocycles. The lowest BCUT2D eigenvalue weighted by atomic mass is 10.1. The van der Waals surface area contributed by atoms with Crippen LogP contribution in [-0.2, 0) is 17.9 Å². The van der Waals surface area contributed by atoms with E-state index in [0.29, 0.717) is 36.4 Å². The number of thioether (sulfide) groups is 1. The first-order chi connectivity index (χ1) is 15.1. The maximum absolute atomic E-state index is 12.8. The third-order valence-electron chi connectivity index (χ3n) is 4.72. The summed E-state index contributed by atoms with van der Waals surface area (Å²) in [5, 5.41) is 7.63. The molecule has 4 rings (SSSR count). The van der Waals surface area contributed by atoms with Gasteiger partial charge in [-0.1, -0.05) is 29.8 Å². The molecule has 9 heteroatoms. The number of amides is 1. The fraction of sp³-hybridized carbons (Fsp3) is 0.227. The van der Waals surface area contributed by atoms with Crippen molar-refractivity contribution in [2.45, 2.75) is 24.9 Å². The Balaban J connectivity index is 1.36. The minimum absolute atomic E-state index is 0.0632. The number of benzene rings is 1. The number of fused-ring (bicyclic) bond motifs is 1. The van der Waals surface area contributed by atoms with Crippen molar-refractivity contribution < 1.29 is 4.79 Å². The first-order valence-electron chi connectivity index (χ1n) is 9.86. The maximum Gasteiger partial charge on any atom is 0.264 e. The van der Waals surface area contributed by atoms with Crippen LogP contribution in [0.4, 0.5) is 0 Å². The van der Waals surface area contributed by atoms with Gasteiger partial charge in [0.2, 0.25) is 5.91 Å². The van der Waals surface area contributed by atoms with Gasteiger partial charge in [-0.05, 0) is 24.6 Å². The molecule has 0 saturated carbocycles. The van der Waals surface area contributed by atoms with E-state index >= 15 is 0 Å². The number of rotatable bonds is 8. The number of carbonyl (C=O) groups is 1. The molecular weight excluding hydrogens is 412 g/mol. The molecule has 0 saturated heterocycles. The largest absolute Gasteiger partial charge is 0.354 e. The molecule has 0 spiro atoms. The van der Waals surface area contributed by atoms with E-state index in [4.69, 9.17) is 0 Å². The number of aromatic nitrogens is 5. The minimum atomic E-state index is -0.129. The number of hydrogen-bond acceptors (Lipinski definition) is 6. The fourth-order valence-electron chi connectivity index (χ4n) is 3.22. The van der Waals surface area contributed by atoms with Crippen LogP contribution in [0.3, 0.4) is 0 Å². The third kappa shape index (κ3) is 5.18. The zero-order valence-electron chi connectivity index (χ0n) is 17.1. The van der Waals surface area contributed by atoms with Crippen molar-refractivity contribution in [3.05, 3.63) is 82.8 Å². The van der Waals surface area contributed by atoms with Gasteiger partial charge in [-0.15, -0.1) is 11.8 Å². The van der Waals surface area contributed by atoms with Crippen molar-refractivity contribution in [3.63, 3.8) is 0 Å². The van der Waals surface area contributed by atoms with Gasteiger partial charge in [0.25, 0.3) is 5.56 Å². The Kier molecular flexibility index (Phi) is 6.42. The van der Waals surface area contributed by atoms with Gasteiger partial charge in [0.15, 0.2) is 5.65 Å². The number of carbonyl (C=O) groups excluding carboxylic acids is 1. The van der Waals surface area contributed by atoms with Crippen molar-refractivity contribution in [1.82, 2.24) is 29.6 Å². The van der Waals surface area contributed by atoms with Gasteiger partial charge in [0.05, 0.1) is 25.0 Å². The summed E-state index contributed by atoms with van der Waals surface area (Å²) < 4.78 is 3.23. The molecule has 0 bridgehead atoms. The van der Waals surface area contributed by atoms with Crippen LogP contribution in [0.15, 0.2) is 71.0 Å². The van der Waals surface area contributed by atoms with Crippen LogP contribution in [0.2, 0.25) is 0 Å². The van der Waals surface area contributed by atoms with Crippen molar-refractivity contribution in [2.24, 2.45) is 0 Å². The van der Waals surface area contributed by atoms with E-state index in [0.717, 1.165) is 16.0 Å². The highest BCUT2D eigenvalue weighted by Crippen LogP contribution is 2.15. The van der Waals surface area contributed by atoms with E-state index in [2.05, 4.69) is 26.4 Å². The summed E-state index contributed by atoms with van der Waals surface area (Å²) in [5.41, 5.74) is 2.58. The Morgan fingerprint density at radius 1 is 1.19 bits per heavy atom. The summed E-state index contributed by atoms with van der Waals surface area (Å²) in [7, 11) is 0. The Morgan fingerprint density at radius 3 is 2.84 bits per heavy atom. The Bertz CT molecular complexity index is 1250. The van der Waals surface area contributed by atoms with Crippen LogP contribution in [0.25, 0.3) is 11.0 Å². The molecule has 0 unspecified atom stereocenters. The normalized spacial score (nSPS) is 11.0. The van der Waals surface area contributed by atoms with E-state index in [-0.39, 0.29) is 11.5 Å². The smallest absolute Gasteiger partial charge is 0.264 e. The van der Waals surface area contributed by atoms with Gasteiger partial charge in [-0.2, -0.15) is 5.10 Å². The molecule has 0 atom stereocenters. The topological polar surface area (TPSA) is 94.7 Å². The van der Waals surface area contributed by atoms with Crippen molar-refractivity contribution in [1.29, 1.82) is 0 Å². The monoisotopic (exact) mass is 434 g/mol. The first kappa shape index (κ1) is 20.8. The van der Waals surface area contributed by atoms with Crippen molar-refractivity contribution >= 4 is 28.7 Å². The average Bonchev–Trinajstić information content (AvgIpc) is 3.19. The van der Waals surface area contributed by atoms with Crippen LogP contribution >= 0.6 is 11.8 Å². The molecular formula is C22H22N6O2S. The zero-order valence-corrected chi connectivity index (χ0v) is 17.9. The molecule has 158 valence electrons. The SMILES string of the molecule is Cc1cccc(Cn2cnc3c(cnn3CCNC(=O)CSc3ccncc3)c2=O)c1. The van der Waals surface area contributed by atoms with E-state index in [1.807, 2.05) is 37.3 Å². The highest BCUT2D eigenvalue weighted by atomic mass is 32.2. The number of hydrogen-bond donors (Lipinski definition) is 1. The zero-order chi connectivity index (χ0) is 21.6. The summed E-state index contributed by atoms with van der Waals surface area (Å²) in [4.78, 5) is 34.3. The van der Waals surface area contributed by atoms with Gasteiger partial charge in [0, 0.05) is 23.8 Å². The van der Waals surface area contributed by atoms with E-state index in [1.54, 1.807) is 34.2 Å². The molecule has 0 fully saturated rings. The highest BCUT2D eigenvalue weighted by molar-refractivity contribution is 8.00. The van der Waals surface area contributed by atoms with Crippen molar-refractivity contribution in [3.8, 4) is 0 Å². The molecule has 0 aliphatic carbocycles. The van der Waals surface area contributed by atoms with Crippen molar-refractivity contribution in [2.75, 3.05) is 12.3 Å². The minimum Gasteiger partial charge on any atom is -0.354 e. The van der Waals surface area contributed by atoms with E-state index in [9.17, 15) is 9.59 Å². The molecule has 3 aromatic heterocycles. The van der Waals surface area contributed by atoms with Gasteiger partial charge in [0.1, 0.15) is 11.7 Å². The molecule has 1 amide bonds. The summed E-state index contributed by atoms with van der Waals surface area (Å²) in [6.07, 6.45) is 6.49. The van der Waals surface area contributed by atoms with Crippen LogP contribution in [0.5, 0.6) is 0 Å². The molecule has 1 N–H and O–H groups in total. The first-order valence-corrected chi connectivity index (χ1v) is 10.8. The maximum atomic E-state index is 12.8. The second kappa shape index (κ2) is 9.57. The molecule has 0 aliphatic rings. The molecule has 4 aromatic rings. The van der Waals surface area contributed by atoms with Gasteiger partial charge in [-0.25, -0.2) is 9.67 Å². The molecule has 0 aliphatic heterocycles. The molecule has 8 nitrogen and oxygen atoms in total. The number of pyridine rings is 1. The molecule has 0 radical (unpaired) electrons. The summed E-state index contributed by atoms with van der Waals surface area (Å²) >= 11 is 1.45. The van der Waals surface area contributed by atoms with Gasteiger partial charge in [-0.3, -0.25) is 19.1 Å². The second-order valence-corrected chi connectivity index (χ2v) is 8.14. The standard InChI is InChI=1S/C22H22N6O2S/c1-16-3-2-4-17(11-16)13-27-15-25-21-19(22(27)30)12-26-28(21)10-9-24-20(29)14-31-18-5-7-23-8-6-18/h2-8,11-12,15H,9-10,13-14H2,1H3,(H,24,29).